The Morgan fingerprint density at radius 1 is 1.35 bits per heavy atom. The molecule has 0 aromatic heterocycles. The molecule has 4 N–H and O–H groups in total. The Bertz CT molecular complexity index is 549. The van der Waals surface area contributed by atoms with Crippen LogP contribution in [0.5, 0.6) is 0 Å². The number of nitrogens with one attached hydrogen (secondary N) is 2. The molecule has 126 valence electrons. The second-order valence-electron chi connectivity index (χ2n) is 5.70. The quantitative estimate of drug-likeness (QED) is 0.673. The van der Waals surface area contributed by atoms with E-state index in [1.54, 1.807) is 6.92 Å². The molecule has 7 heteroatoms. The molecule has 1 fully saturated rings. The van der Waals surface area contributed by atoms with Gasteiger partial charge >= 0.3 is 0 Å². The van der Waals surface area contributed by atoms with Crippen LogP contribution in [0.2, 0.25) is 0 Å². The van der Waals surface area contributed by atoms with Gasteiger partial charge in [0.15, 0.2) is 0 Å². The lowest BCUT2D eigenvalue weighted by atomic mass is 10.2. The molecule has 1 aromatic carbocycles. The van der Waals surface area contributed by atoms with Crippen LogP contribution in [0.15, 0.2) is 24.3 Å². The molecule has 5 nitrogen and oxygen atoms in total. The van der Waals surface area contributed by atoms with Crippen LogP contribution in [0, 0.1) is 11.7 Å². The van der Waals surface area contributed by atoms with Crippen molar-refractivity contribution in [3.8, 4) is 0 Å². The maximum Gasteiger partial charge on any atom is 0.234 e. The summed E-state index contributed by atoms with van der Waals surface area (Å²) in [4.78, 5) is 23.9. The first-order valence-electron chi connectivity index (χ1n) is 7.67. The Balaban J connectivity index is 1.72. The molecule has 0 bridgehead atoms. The van der Waals surface area contributed by atoms with Crippen LogP contribution >= 0.6 is 11.8 Å². The van der Waals surface area contributed by atoms with Crippen LogP contribution in [0.4, 0.5) is 10.1 Å². The predicted molar refractivity (Wildman–Crippen MR) is 90.7 cm³/mol. The second-order valence-corrected chi connectivity index (χ2v) is 7.03. The summed E-state index contributed by atoms with van der Waals surface area (Å²) in [5.41, 5.74) is 6.20. The first-order chi connectivity index (χ1) is 11.0. The smallest absolute Gasteiger partial charge is 0.234 e. The van der Waals surface area contributed by atoms with E-state index in [4.69, 9.17) is 5.73 Å². The maximum atomic E-state index is 12.8. The van der Waals surface area contributed by atoms with Crippen LogP contribution in [-0.2, 0) is 9.59 Å². The molecule has 1 aliphatic rings. The number of anilines is 1. The van der Waals surface area contributed by atoms with Crippen LogP contribution in [0.25, 0.3) is 0 Å². The second kappa shape index (κ2) is 8.31. The Hall–Kier alpha value is -1.60. The van der Waals surface area contributed by atoms with Crippen molar-refractivity contribution in [1.82, 2.24) is 5.32 Å². The molecule has 1 aromatic rings. The Morgan fingerprint density at radius 2 is 2.00 bits per heavy atom. The predicted octanol–water partition coefficient (Wildman–Crippen LogP) is 1.74. The van der Waals surface area contributed by atoms with E-state index >= 15 is 0 Å². The van der Waals surface area contributed by atoms with Crippen molar-refractivity contribution in [1.29, 1.82) is 0 Å². The van der Waals surface area contributed by atoms with Crippen LogP contribution in [0.3, 0.4) is 0 Å². The summed E-state index contributed by atoms with van der Waals surface area (Å²) in [5, 5.41) is 5.28. The Labute approximate surface area is 139 Å². The molecule has 2 amide bonds. The number of thioether (sulfide) groups is 1. The van der Waals surface area contributed by atoms with Crippen molar-refractivity contribution < 1.29 is 14.0 Å². The molecule has 1 saturated carbocycles. The molecule has 1 aliphatic carbocycles. The summed E-state index contributed by atoms with van der Waals surface area (Å²) in [6, 6.07) is 5.59. The monoisotopic (exact) mass is 339 g/mol. The molecule has 0 spiro atoms. The highest BCUT2D eigenvalue weighted by Crippen LogP contribution is 2.32. The van der Waals surface area contributed by atoms with Gasteiger partial charge in [0.1, 0.15) is 5.82 Å². The fourth-order valence-electron chi connectivity index (χ4n) is 2.17. The van der Waals surface area contributed by atoms with Gasteiger partial charge in [0, 0.05) is 18.3 Å². The van der Waals surface area contributed by atoms with E-state index in [2.05, 4.69) is 10.6 Å². The Kier molecular flexibility index (Phi) is 6.41. The maximum absolute atomic E-state index is 12.8. The first-order valence-corrected chi connectivity index (χ1v) is 8.72. The lowest BCUT2D eigenvalue weighted by molar-refractivity contribution is -0.121. The van der Waals surface area contributed by atoms with E-state index in [1.807, 2.05) is 0 Å². The van der Waals surface area contributed by atoms with Crippen molar-refractivity contribution in [2.24, 2.45) is 11.7 Å². The van der Waals surface area contributed by atoms with Gasteiger partial charge in [0.25, 0.3) is 0 Å². The van der Waals surface area contributed by atoms with E-state index in [0.717, 1.165) is 12.8 Å². The summed E-state index contributed by atoms with van der Waals surface area (Å²) >= 11 is 1.26. The van der Waals surface area contributed by atoms with Gasteiger partial charge < -0.3 is 16.4 Å². The fraction of sp³-hybridized carbons (Fsp3) is 0.500. The normalized spacial score (nSPS) is 16.5. The summed E-state index contributed by atoms with van der Waals surface area (Å²) in [5.74, 6) is -0.00987. The van der Waals surface area contributed by atoms with Crippen LogP contribution in [0.1, 0.15) is 19.8 Å². The molecular weight excluding hydrogens is 317 g/mol. The third-order valence-corrected chi connectivity index (χ3v) is 4.88. The summed E-state index contributed by atoms with van der Waals surface area (Å²) in [6.07, 6.45) is 2.23. The first kappa shape index (κ1) is 17.7. The summed E-state index contributed by atoms with van der Waals surface area (Å²) < 4.78 is 12.8. The average molecular weight is 339 g/mol. The van der Waals surface area contributed by atoms with Gasteiger partial charge in [-0.3, -0.25) is 9.59 Å². The largest absolute Gasteiger partial charge is 0.351 e. The SMILES string of the molecule is CC(SCC(=O)Nc1ccc(F)cc1)C(=O)NC(CN)C1CC1. The number of halogens is 1. The minimum Gasteiger partial charge on any atom is -0.351 e. The van der Waals surface area contributed by atoms with Gasteiger partial charge in [-0.15, -0.1) is 11.8 Å². The van der Waals surface area contributed by atoms with Crippen molar-refractivity contribution in [3.63, 3.8) is 0 Å². The molecule has 2 atom stereocenters. The molecule has 23 heavy (non-hydrogen) atoms. The van der Waals surface area contributed by atoms with E-state index < -0.39 is 0 Å². The van der Waals surface area contributed by atoms with E-state index in [0.29, 0.717) is 18.2 Å². The van der Waals surface area contributed by atoms with E-state index in [9.17, 15) is 14.0 Å². The molecule has 2 unspecified atom stereocenters. The number of rotatable bonds is 8. The van der Waals surface area contributed by atoms with Gasteiger partial charge in [-0.25, -0.2) is 4.39 Å². The lowest BCUT2D eigenvalue weighted by Crippen LogP contribution is -2.45. The molecule has 2 rings (SSSR count). The third-order valence-electron chi connectivity index (χ3n) is 3.73. The van der Waals surface area contributed by atoms with Crippen molar-refractivity contribution in [2.45, 2.75) is 31.1 Å². The highest BCUT2D eigenvalue weighted by atomic mass is 32.2. The topological polar surface area (TPSA) is 84.2 Å². The van der Waals surface area contributed by atoms with Crippen molar-refractivity contribution >= 4 is 29.3 Å². The number of nitrogens with two attached hydrogens (primary N) is 1. The van der Waals surface area contributed by atoms with Crippen LogP contribution in [-0.4, -0.2) is 35.4 Å². The van der Waals surface area contributed by atoms with Gasteiger partial charge in [-0.05, 0) is 49.9 Å². The highest BCUT2D eigenvalue weighted by molar-refractivity contribution is 8.01. The number of hydrogen-bond acceptors (Lipinski definition) is 4. The highest BCUT2D eigenvalue weighted by Gasteiger charge is 2.32. The number of carbonyl (C=O) groups is 2. The average Bonchev–Trinajstić information content (AvgIpc) is 3.37. The molecular formula is C16H22FN3O2S. The zero-order valence-corrected chi connectivity index (χ0v) is 13.9. The fourth-order valence-corrected chi connectivity index (χ4v) is 2.87. The molecule has 0 heterocycles. The molecule has 0 saturated heterocycles. The number of benzene rings is 1. The number of amides is 2. The standard InChI is InChI=1S/C16H22FN3O2S/c1-10(16(22)20-14(8-18)11-2-3-11)23-9-15(21)19-13-6-4-12(17)5-7-13/h4-7,10-11,14H,2-3,8-9,18H2,1H3,(H,19,21)(H,20,22). The minimum absolute atomic E-state index is 0.0404. The summed E-state index contributed by atoms with van der Waals surface area (Å²) in [6.45, 7) is 2.21. The zero-order chi connectivity index (χ0) is 16.8. The summed E-state index contributed by atoms with van der Waals surface area (Å²) in [7, 11) is 0. The minimum atomic E-state index is -0.354. The lowest BCUT2D eigenvalue weighted by Gasteiger charge is -2.19. The number of carbonyl (C=O) groups excluding carboxylic acids is 2. The number of hydrogen-bond donors (Lipinski definition) is 3. The van der Waals surface area contributed by atoms with Crippen molar-refractivity contribution in [2.75, 3.05) is 17.6 Å². The van der Waals surface area contributed by atoms with Crippen molar-refractivity contribution in [3.05, 3.63) is 30.1 Å². The van der Waals surface area contributed by atoms with E-state index in [-0.39, 0.29) is 34.7 Å². The van der Waals surface area contributed by atoms with Crippen LogP contribution < -0.4 is 16.4 Å². The Morgan fingerprint density at radius 3 is 2.57 bits per heavy atom. The third kappa shape index (κ3) is 5.84. The van der Waals surface area contributed by atoms with Gasteiger partial charge in [0.2, 0.25) is 11.8 Å². The zero-order valence-electron chi connectivity index (χ0n) is 13.0. The van der Waals surface area contributed by atoms with E-state index in [1.165, 1.54) is 36.0 Å². The van der Waals surface area contributed by atoms with Gasteiger partial charge in [-0.1, -0.05) is 0 Å². The van der Waals surface area contributed by atoms with Gasteiger partial charge in [-0.2, -0.15) is 0 Å². The van der Waals surface area contributed by atoms with Gasteiger partial charge in [0.05, 0.1) is 11.0 Å². The molecule has 0 aliphatic heterocycles. The molecule has 0 radical (unpaired) electrons.